The molecular weight excluding hydrogens is 289 g/mol. The standard InChI is InChI=1S/C13H11F3N2OS/c1-7(10-3-2-6-20-10)17-13(19)18-9-5-4-8(14)11(15)12(9)16/h2-7H,1H3,(H2,17,18,19). The van der Waals surface area contributed by atoms with Crippen molar-refractivity contribution < 1.29 is 18.0 Å². The van der Waals surface area contributed by atoms with Crippen molar-refractivity contribution >= 4 is 23.1 Å². The molecule has 0 saturated carbocycles. The van der Waals surface area contributed by atoms with Crippen molar-refractivity contribution in [3.8, 4) is 0 Å². The zero-order valence-electron chi connectivity index (χ0n) is 10.4. The van der Waals surface area contributed by atoms with Gasteiger partial charge in [-0.2, -0.15) is 0 Å². The van der Waals surface area contributed by atoms with E-state index in [1.807, 2.05) is 17.5 Å². The first-order valence-corrected chi connectivity index (χ1v) is 6.61. The van der Waals surface area contributed by atoms with Gasteiger partial charge in [0.2, 0.25) is 0 Å². The Kier molecular flexibility index (Phi) is 4.29. The molecule has 1 atom stereocenters. The van der Waals surface area contributed by atoms with Gasteiger partial charge in [-0.05, 0) is 30.5 Å². The Morgan fingerprint density at radius 2 is 1.95 bits per heavy atom. The van der Waals surface area contributed by atoms with Crippen molar-refractivity contribution in [3.63, 3.8) is 0 Å². The number of anilines is 1. The van der Waals surface area contributed by atoms with Crippen LogP contribution in [0.15, 0.2) is 29.6 Å². The second-order valence-electron chi connectivity index (χ2n) is 4.06. The summed E-state index contributed by atoms with van der Waals surface area (Å²) < 4.78 is 39.1. The Hall–Kier alpha value is -2.02. The zero-order chi connectivity index (χ0) is 14.7. The predicted octanol–water partition coefficient (Wildman–Crippen LogP) is 4.05. The van der Waals surface area contributed by atoms with Crippen LogP contribution in [0.3, 0.4) is 0 Å². The number of nitrogens with one attached hydrogen (secondary N) is 2. The van der Waals surface area contributed by atoms with Gasteiger partial charge in [0.15, 0.2) is 17.5 Å². The van der Waals surface area contributed by atoms with Crippen LogP contribution in [-0.4, -0.2) is 6.03 Å². The largest absolute Gasteiger partial charge is 0.331 e. The average molecular weight is 300 g/mol. The maximum absolute atomic E-state index is 13.4. The minimum absolute atomic E-state index is 0.275. The summed E-state index contributed by atoms with van der Waals surface area (Å²) in [6.45, 7) is 1.76. The molecule has 0 bridgehead atoms. The normalized spacial score (nSPS) is 12.0. The van der Waals surface area contributed by atoms with Crippen molar-refractivity contribution in [1.82, 2.24) is 5.32 Å². The highest BCUT2D eigenvalue weighted by Crippen LogP contribution is 2.21. The van der Waals surface area contributed by atoms with E-state index in [1.54, 1.807) is 6.92 Å². The average Bonchev–Trinajstić information content (AvgIpc) is 2.93. The van der Waals surface area contributed by atoms with Crippen LogP contribution >= 0.6 is 11.3 Å². The molecule has 7 heteroatoms. The molecule has 0 radical (unpaired) electrons. The van der Waals surface area contributed by atoms with Gasteiger partial charge in [-0.3, -0.25) is 0 Å². The second-order valence-corrected chi connectivity index (χ2v) is 5.04. The Morgan fingerprint density at radius 3 is 2.60 bits per heavy atom. The molecule has 1 unspecified atom stereocenters. The van der Waals surface area contributed by atoms with Crippen molar-refractivity contribution in [2.45, 2.75) is 13.0 Å². The third-order valence-electron chi connectivity index (χ3n) is 2.60. The van der Waals surface area contributed by atoms with Crippen LogP contribution < -0.4 is 10.6 Å². The molecule has 1 heterocycles. The van der Waals surface area contributed by atoms with Gasteiger partial charge in [-0.15, -0.1) is 11.3 Å². The fourth-order valence-corrected chi connectivity index (χ4v) is 2.32. The lowest BCUT2D eigenvalue weighted by molar-refractivity contribution is 0.249. The van der Waals surface area contributed by atoms with Crippen molar-refractivity contribution in [2.75, 3.05) is 5.32 Å². The number of halogens is 3. The fraction of sp³-hybridized carbons (Fsp3) is 0.154. The minimum Gasteiger partial charge on any atom is -0.331 e. The van der Waals surface area contributed by atoms with Gasteiger partial charge in [0, 0.05) is 4.88 Å². The van der Waals surface area contributed by atoms with E-state index in [-0.39, 0.29) is 6.04 Å². The smallest absolute Gasteiger partial charge is 0.319 e. The third-order valence-corrected chi connectivity index (χ3v) is 3.66. The summed E-state index contributed by atoms with van der Waals surface area (Å²) in [5.41, 5.74) is -0.417. The molecule has 2 N–H and O–H groups in total. The molecule has 0 saturated heterocycles. The molecule has 2 rings (SSSR count). The van der Waals surface area contributed by atoms with Crippen LogP contribution in [-0.2, 0) is 0 Å². The van der Waals surface area contributed by atoms with Crippen molar-refractivity contribution in [3.05, 3.63) is 52.0 Å². The van der Waals surface area contributed by atoms with Crippen LogP contribution in [0.4, 0.5) is 23.7 Å². The van der Waals surface area contributed by atoms with Gasteiger partial charge < -0.3 is 10.6 Å². The lowest BCUT2D eigenvalue weighted by Gasteiger charge is -2.13. The maximum atomic E-state index is 13.4. The van der Waals surface area contributed by atoms with Crippen molar-refractivity contribution in [1.29, 1.82) is 0 Å². The number of benzene rings is 1. The van der Waals surface area contributed by atoms with E-state index in [1.165, 1.54) is 11.3 Å². The van der Waals surface area contributed by atoms with Crippen LogP contribution in [0.2, 0.25) is 0 Å². The highest BCUT2D eigenvalue weighted by Gasteiger charge is 2.16. The minimum atomic E-state index is -1.62. The number of thiophene rings is 1. The molecule has 0 aliphatic carbocycles. The molecule has 2 amide bonds. The van der Waals surface area contributed by atoms with Gasteiger partial charge in [-0.1, -0.05) is 6.07 Å². The summed E-state index contributed by atoms with van der Waals surface area (Å²) in [7, 11) is 0. The number of carbonyl (C=O) groups excluding carboxylic acids is 1. The zero-order valence-corrected chi connectivity index (χ0v) is 11.2. The highest BCUT2D eigenvalue weighted by molar-refractivity contribution is 7.10. The van der Waals surface area contributed by atoms with E-state index in [9.17, 15) is 18.0 Å². The molecule has 1 aromatic heterocycles. The lowest BCUT2D eigenvalue weighted by atomic mass is 10.2. The van der Waals surface area contributed by atoms with E-state index < -0.39 is 29.2 Å². The van der Waals surface area contributed by atoms with Gasteiger partial charge in [0.05, 0.1) is 11.7 Å². The summed E-state index contributed by atoms with van der Waals surface area (Å²) in [6.07, 6.45) is 0. The Balaban J connectivity index is 2.03. The summed E-state index contributed by atoms with van der Waals surface area (Å²) in [5.74, 6) is -4.35. The maximum Gasteiger partial charge on any atom is 0.319 e. The Bertz CT molecular complexity index is 616. The monoisotopic (exact) mass is 300 g/mol. The topological polar surface area (TPSA) is 41.1 Å². The molecule has 1 aromatic carbocycles. The number of rotatable bonds is 3. The molecule has 106 valence electrons. The summed E-state index contributed by atoms with van der Waals surface area (Å²) >= 11 is 1.46. The number of urea groups is 1. The first-order valence-electron chi connectivity index (χ1n) is 5.73. The summed E-state index contributed by atoms with van der Waals surface area (Å²) in [4.78, 5) is 12.6. The molecule has 3 nitrogen and oxygen atoms in total. The Labute approximate surface area is 117 Å². The van der Waals surface area contributed by atoms with E-state index in [4.69, 9.17) is 0 Å². The Morgan fingerprint density at radius 1 is 1.20 bits per heavy atom. The van der Waals surface area contributed by atoms with E-state index >= 15 is 0 Å². The lowest BCUT2D eigenvalue weighted by Crippen LogP contribution is -2.31. The number of carbonyl (C=O) groups is 1. The number of hydrogen-bond acceptors (Lipinski definition) is 2. The molecule has 0 spiro atoms. The molecular formula is C13H11F3N2OS. The first kappa shape index (κ1) is 14.4. The number of amides is 2. The van der Waals surface area contributed by atoms with Gasteiger partial charge in [0.1, 0.15) is 0 Å². The molecule has 2 aromatic rings. The second kappa shape index (κ2) is 5.96. The van der Waals surface area contributed by atoms with Crippen LogP contribution in [0.5, 0.6) is 0 Å². The first-order chi connectivity index (χ1) is 9.49. The summed E-state index contributed by atoms with van der Waals surface area (Å²) in [6, 6.07) is 4.41. The van der Waals surface area contributed by atoms with Gasteiger partial charge in [0.25, 0.3) is 0 Å². The van der Waals surface area contributed by atoms with Crippen LogP contribution in [0.1, 0.15) is 17.8 Å². The fourth-order valence-electron chi connectivity index (χ4n) is 1.59. The van der Waals surface area contributed by atoms with Crippen LogP contribution in [0.25, 0.3) is 0 Å². The molecule has 0 aliphatic rings. The number of hydrogen-bond donors (Lipinski definition) is 2. The van der Waals surface area contributed by atoms with E-state index in [2.05, 4.69) is 10.6 Å². The molecule has 0 fully saturated rings. The van der Waals surface area contributed by atoms with Crippen LogP contribution in [0, 0.1) is 17.5 Å². The SMILES string of the molecule is CC(NC(=O)Nc1ccc(F)c(F)c1F)c1cccs1. The van der Waals surface area contributed by atoms with E-state index in [0.717, 1.165) is 17.0 Å². The summed E-state index contributed by atoms with van der Waals surface area (Å²) in [5, 5.41) is 6.58. The molecule has 0 aliphatic heterocycles. The predicted molar refractivity (Wildman–Crippen MR) is 71.2 cm³/mol. The van der Waals surface area contributed by atoms with Gasteiger partial charge in [-0.25, -0.2) is 18.0 Å². The quantitative estimate of drug-likeness (QED) is 0.825. The molecule has 20 heavy (non-hydrogen) atoms. The van der Waals surface area contributed by atoms with Crippen molar-refractivity contribution in [2.24, 2.45) is 0 Å². The third kappa shape index (κ3) is 3.11. The van der Waals surface area contributed by atoms with E-state index in [0.29, 0.717) is 0 Å². The van der Waals surface area contributed by atoms with Gasteiger partial charge >= 0.3 is 6.03 Å². The highest BCUT2D eigenvalue weighted by atomic mass is 32.1.